The second-order valence-corrected chi connectivity index (χ2v) is 5.82. The molecule has 118 valence electrons. The maximum Gasteiger partial charge on any atom is 0.237 e. The summed E-state index contributed by atoms with van der Waals surface area (Å²) in [5.74, 6) is -0.231. The molecule has 0 aromatic heterocycles. The van der Waals surface area contributed by atoms with Crippen LogP contribution in [0.25, 0.3) is 0 Å². The van der Waals surface area contributed by atoms with Crippen LogP contribution in [0, 0.1) is 12.7 Å². The molecule has 0 fully saturated rings. The van der Waals surface area contributed by atoms with Crippen molar-refractivity contribution in [2.75, 3.05) is 0 Å². The Labute approximate surface area is 127 Å². The van der Waals surface area contributed by atoms with E-state index in [4.69, 9.17) is 0 Å². The number of nitrogens with one attached hydrogen (secondary N) is 2. The van der Waals surface area contributed by atoms with Crippen molar-refractivity contribution in [2.45, 2.75) is 65.6 Å². The van der Waals surface area contributed by atoms with Gasteiger partial charge in [-0.1, -0.05) is 25.5 Å². The van der Waals surface area contributed by atoms with E-state index in [9.17, 15) is 9.18 Å². The highest BCUT2D eigenvalue weighted by molar-refractivity contribution is 5.81. The highest BCUT2D eigenvalue weighted by Gasteiger charge is 2.18. The molecule has 4 heteroatoms. The van der Waals surface area contributed by atoms with Crippen LogP contribution in [0.4, 0.5) is 4.39 Å². The van der Waals surface area contributed by atoms with Gasteiger partial charge in [-0.05, 0) is 51.3 Å². The normalized spacial score (nSPS) is 15.3. The zero-order chi connectivity index (χ0) is 16.0. The van der Waals surface area contributed by atoms with Crippen molar-refractivity contribution in [2.24, 2.45) is 0 Å². The summed E-state index contributed by atoms with van der Waals surface area (Å²) in [7, 11) is 0. The lowest BCUT2D eigenvalue weighted by atomic mass is 10.0. The van der Waals surface area contributed by atoms with Gasteiger partial charge in [-0.2, -0.15) is 0 Å². The summed E-state index contributed by atoms with van der Waals surface area (Å²) in [4.78, 5) is 12.1. The number of hydrogen-bond acceptors (Lipinski definition) is 2. The summed E-state index contributed by atoms with van der Waals surface area (Å²) in [6.45, 7) is 9.60. The molecule has 0 aliphatic heterocycles. The quantitative estimate of drug-likeness (QED) is 0.808. The van der Waals surface area contributed by atoms with Gasteiger partial charge in [0.05, 0.1) is 6.04 Å². The van der Waals surface area contributed by atoms with Gasteiger partial charge < -0.3 is 5.32 Å². The van der Waals surface area contributed by atoms with Gasteiger partial charge in [-0.25, -0.2) is 4.39 Å². The van der Waals surface area contributed by atoms with Crippen LogP contribution in [0.3, 0.4) is 0 Å². The van der Waals surface area contributed by atoms with Gasteiger partial charge in [0.2, 0.25) is 5.91 Å². The fourth-order valence-electron chi connectivity index (χ4n) is 2.30. The smallest absolute Gasteiger partial charge is 0.237 e. The molecule has 3 atom stereocenters. The first-order valence-corrected chi connectivity index (χ1v) is 7.67. The van der Waals surface area contributed by atoms with E-state index in [2.05, 4.69) is 17.6 Å². The Bertz CT molecular complexity index is 476. The summed E-state index contributed by atoms with van der Waals surface area (Å²) >= 11 is 0. The Morgan fingerprint density at radius 3 is 2.52 bits per heavy atom. The first-order chi connectivity index (χ1) is 9.85. The zero-order valence-corrected chi connectivity index (χ0v) is 13.7. The molecule has 0 saturated heterocycles. The van der Waals surface area contributed by atoms with Crippen molar-refractivity contribution in [1.82, 2.24) is 10.6 Å². The first kappa shape index (κ1) is 17.6. The van der Waals surface area contributed by atoms with Crippen LogP contribution < -0.4 is 10.6 Å². The molecule has 1 aromatic carbocycles. The van der Waals surface area contributed by atoms with Gasteiger partial charge in [0.15, 0.2) is 0 Å². The lowest BCUT2D eigenvalue weighted by Gasteiger charge is -2.22. The molecule has 0 aliphatic rings. The molecule has 0 spiro atoms. The molecule has 0 bridgehead atoms. The average molecular weight is 294 g/mol. The van der Waals surface area contributed by atoms with Crippen molar-refractivity contribution >= 4 is 5.91 Å². The van der Waals surface area contributed by atoms with Crippen molar-refractivity contribution in [3.8, 4) is 0 Å². The number of amides is 1. The Balaban J connectivity index is 2.58. The van der Waals surface area contributed by atoms with Crippen molar-refractivity contribution in [3.63, 3.8) is 0 Å². The highest BCUT2D eigenvalue weighted by Crippen LogP contribution is 2.16. The average Bonchev–Trinajstić information content (AvgIpc) is 2.41. The van der Waals surface area contributed by atoms with Crippen molar-refractivity contribution < 1.29 is 9.18 Å². The van der Waals surface area contributed by atoms with Crippen LogP contribution >= 0.6 is 0 Å². The predicted molar refractivity (Wildman–Crippen MR) is 84.7 cm³/mol. The maximum absolute atomic E-state index is 13.6. The van der Waals surface area contributed by atoms with E-state index in [1.165, 1.54) is 6.07 Å². The number of carbonyl (C=O) groups is 1. The van der Waals surface area contributed by atoms with Crippen LogP contribution in [0.15, 0.2) is 18.2 Å². The zero-order valence-electron chi connectivity index (χ0n) is 13.7. The Morgan fingerprint density at radius 1 is 1.29 bits per heavy atom. The number of aryl methyl sites for hydroxylation is 1. The third-order valence-electron chi connectivity index (χ3n) is 3.70. The molecule has 1 rings (SSSR count). The van der Waals surface area contributed by atoms with Gasteiger partial charge in [-0.3, -0.25) is 10.1 Å². The number of halogens is 1. The number of rotatable bonds is 7. The number of carbonyl (C=O) groups excluding carboxylic acids is 1. The van der Waals surface area contributed by atoms with Crippen LogP contribution in [0.2, 0.25) is 0 Å². The van der Waals surface area contributed by atoms with Crippen molar-refractivity contribution in [3.05, 3.63) is 35.1 Å². The molecular formula is C17H27FN2O. The monoisotopic (exact) mass is 294 g/mol. The van der Waals surface area contributed by atoms with Crippen LogP contribution in [0.5, 0.6) is 0 Å². The number of benzene rings is 1. The van der Waals surface area contributed by atoms with E-state index in [1.807, 2.05) is 26.8 Å². The minimum atomic E-state index is -0.316. The molecule has 1 aromatic rings. The Hall–Kier alpha value is -1.42. The molecule has 0 radical (unpaired) electrons. The lowest BCUT2D eigenvalue weighted by Crippen LogP contribution is -2.46. The molecule has 3 nitrogen and oxygen atoms in total. The van der Waals surface area contributed by atoms with Gasteiger partial charge in [-0.15, -0.1) is 0 Å². The SMILES string of the molecule is CCCC(C)NC(=O)C(C)NC(C)c1ccc(C)c(F)c1. The standard InChI is InChI=1S/C17H27FN2O/c1-6-7-12(3)19-17(21)14(5)20-13(4)15-9-8-11(2)16(18)10-15/h8-10,12-14,20H,6-7H2,1-5H3,(H,19,21). The summed E-state index contributed by atoms with van der Waals surface area (Å²) in [5, 5.41) is 6.19. The van der Waals surface area contributed by atoms with Gasteiger partial charge in [0.1, 0.15) is 5.82 Å². The van der Waals surface area contributed by atoms with E-state index < -0.39 is 0 Å². The summed E-state index contributed by atoms with van der Waals surface area (Å²) in [6, 6.07) is 4.96. The van der Waals surface area contributed by atoms with Crippen LogP contribution in [-0.2, 0) is 4.79 Å². The van der Waals surface area contributed by atoms with Gasteiger partial charge >= 0.3 is 0 Å². The lowest BCUT2D eigenvalue weighted by molar-refractivity contribution is -0.123. The molecule has 21 heavy (non-hydrogen) atoms. The summed E-state index contributed by atoms with van der Waals surface area (Å²) in [6.07, 6.45) is 2.01. The highest BCUT2D eigenvalue weighted by atomic mass is 19.1. The number of hydrogen-bond donors (Lipinski definition) is 2. The van der Waals surface area contributed by atoms with Gasteiger partial charge in [0, 0.05) is 12.1 Å². The molecule has 2 N–H and O–H groups in total. The van der Waals surface area contributed by atoms with E-state index in [0.717, 1.165) is 18.4 Å². The maximum atomic E-state index is 13.6. The third-order valence-corrected chi connectivity index (χ3v) is 3.70. The Morgan fingerprint density at radius 2 is 1.95 bits per heavy atom. The second-order valence-electron chi connectivity index (χ2n) is 5.82. The van der Waals surface area contributed by atoms with E-state index >= 15 is 0 Å². The van der Waals surface area contributed by atoms with Gasteiger partial charge in [0.25, 0.3) is 0 Å². The Kier molecular flexibility index (Phi) is 6.82. The fraction of sp³-hybridized carbons (Fsp3) is 0.588. The minimum Gasteiger partial charge on any atom is -0.352 e. The third kappa shape index (κ3) is 5.46. The molecule has 0 heterocycles. The molecular weight excluding hydrogens is 267 g/mol. The summed E-state index contributed by atoms with van der Waals surface area (Å²) < 4.78 is 13.6. The summed E-state index contributed by atoms with van der Waals surface area (Å²) in [5.41, 5.74) is 1.48. The molecule has 0 saturated carbocycles. The van der Waals surface area contributed by atoms with Crippen LogP contribution in [-0.4, -0.2) is 18.0 Å². The van der Waals surface area contributed by atoms with E-state index in [-0.39, 0.29) is 29.8 Å². The van der Waals surface area contributed by atoms with E-state index in [1.54, 1.807) is 13.0 Å². The largest absolute Gasteiger partial charge is 0.352 e. The molecule has 1 amide bonds. The first-order valence-electron chi connectivity index (χ1n) is 7.67. The van der Waals surface area contributed by atoms with Crippen molar-refractivity contribution in [1.29, 1.82) is 0 Å². The fourth-order valence-corrected chi connectivity index (χ4v) is 2.30. The topological polar surface area (TPSA) is 41.1 Å². The molecule has 3 unspecified atom stereocenters. The minimum absolute atomic E-state index is 0.0182. The second kappa shape index (κ2) is 8.13. The van der Waals surface area contributed by atoms with E-state index in [0.29, 0.717) is 5.56 Å². The van der Waals surface area contributed by atoms with Crippen LogP contribution in [0.1, 0.15) is 57.7 Å². The molecule has 0 aliphatic carbocycles. The predicted octanol–water partition coefficient (Wildman–Crippen LogP) is 3.48.